The molecule has 3 aliphatic rings. The topological polar surface area (TPSA) is 55.8 Å². The summed E-state index contributed by atoms with van der Waals surface area (Å²) >= 11 is 0. The van der Waals surface area contributed by atoms with Crippen molar-refractivity contribution < 1.29 is 19.1 Å². The third kappa shape index (κ3) is 1.65. The van der Waals surface area contributed by atoms with E-state index in [1.54, 1.807) is 32.4 Å². The van der Waals surface area contributed by atoms with Crippen molar-refractivity contribution in [3.63, 3.8) is 0 Å². The summed E-state index contributed by atoms with van der Waals surface area (Å²) in [5.74, 6) is 1.53. The van der Waals surface area contributed by atoms with Crippen molar-refractivity contribution in [1.29, 1.82) is 0 Å². The Bertz CT molecular complexity index is 628. The fourth-order valence-corrected chi connectivity index (χ4v) is 4.62. The highest BCUT2D eigenvalue weighted by Gasteiger charge is 2.61. The van der Waals surface area contributed by atoms with Gasteiger partial charge in [-0.15, -0.1) is 0 Å². The molecule has 1 heterocycles. The van der Waals surface area contributed by atoms with Crippen LogP contribution in [0.15, 0.2) is 18.2 Å². The fraction of sp³-hybridized carbons (Fsp3) is 0.529. The van der Waals surface area contributed by atoms with Crippen LogP contribution in [0.3, 0.4) is 0 Å². The predicted molar refractivity (Wildman–Crippen MR) is 79.9 cm³/mol. The van der Waals surface area contributed by atoms with Crippen molar-refractivity contribution in [3.05, 3.63) is 18.2 Å². The van der Waals surface area contributed by atoms with E-state index in [1.165, 1.54) is 4.90 Å². The molecule has 2 aliphatic carbocycles. The van der Waals surface area contributed by atoms with E-state index in [2.05, 4.69) is 0 Å². The van der Waals surface area contributed by atoms with Crippen molar-refractivity contribution in [2.24, 2.45) is 23.7 Å². The summed E-state index contributed by atoms with van der Waals surface area (Å²) < 4.78 is 10.6. The molecule has 22 heavy (non-hydrogen) atoms. The smallest absolute Gasteiger partial charge is 0.238 e. The Morgan fingerprint density at radius 1 is 1.00 bits per heavy atom. The van der Waals surface area contributed by atoms with Crippen LogP contribution in [-0.4, -0.2) is 26.0 Å². The minimum absolute atomic E-state index is 0.0613. The molecule has 2 saturated carbocycles. The van der Waals surface area contributed by atoms with Crippen LogP contribution in [0.2, 0.25) is 0 Å². The molecule has 2 bridgehead atoms. The van der Waals surface area contributed by atoms with Gasteiger partial charge in [0.05, 0.1) is 31.7 Å². The lowest BCUT2D eigenvalue weighted by Crippen LogP contribution is -2.33. The second kappa shape index (κ2) is 4.73. The summed E-state index contributed by atoms with van der Waals surface area (Å²) in [7, 11) is 3.11. The van der Waals surface area contributed by atoms with Crippen LogP contribution in [0.1, 0.15) is 19.3 Å². The minimum atomic E-state index is -0.123. The number of anilines is 1. The Hall–Kier alpha value is -2.04. The summed E-state index contributed by atoms with van der Waals surface area (Å²) in [6.07, 6.45) is 3.19. The molecule has 5 nitrogen and oxygen atoms in total. The number of fused-ring (bicyclic) bond motifs is 5. The van der Waals surface area contributed by atoms with Crippen LogP contribution in [0.4, 0.5) is 5.69 Å². The molecule has 1 saturated heterocycles. The van der Waals surface area contributed by atoms with E-state index in [-0.39, 0.29) is 23.7 Å². The molecular formula is C17H19NO4. The first-order valence-electron chi connectivity index (χ1n) is 7.75. The molecule has 1 aromatic rings. The van der Waals surface area contributed by atoms with Gasteiger partial charge in [-0.3, -0.25) is 9.59 Å². The molecule has 0 unspecified atom stereocenters. The molecule has 0 spiro atoms. The number of carbonyl (C=O) groups is 2. The van der Waals surface area contributed by atoms with E-state index in [1.807, 2.05) is 0 Å². The van der Waals surface area contributed by atoms with E-state index in [0.29, 0.717) is 29.0 Å². The number of methoxy groups -OCH3 is 2. The van der Waals surface area contributed by atoms with Crippen molar-refractivity contribution in [3.8, 4) is 11.5 Å². The number of carbonyl (C=O) groups excluding carboxylic acids is 2. The number of amides is 2. The Labute approximate surface area is 129 Å². The van der Waals surface area contributed by atoms with Gasteiger partial charge in [-0.1, -0.05) is 0 Å². The maximum absolute atomic E-state index is 12.9. The third-order valence-electron chi connectivity index (χ3n) is 5.55. The molecule has 0 aromatic heterocycles. The average Bonchev–Trinajstić information content (AvgIpc) is 3.21. The number of ether oxygens (including phenoxy) is 2. The van der Waals surface area contributed by atoms with Gasteiger partial charge in [-0.05, 0) is 43.2 Å². The average molecular weight is 301 g/mol. The van der Waals surface area contributed by atoms with E-state index in [4.69, 9.17) is 9.47 Å². The SMILES string of the molecule is COc1ccc(OC)c(N2C(=O)[C@@H]3[C@H]4CC[C@@H](C4)[C@H]3C2=O)c1. The monoisotopic (exact) mass is 301 g/mol. The summed E-state index contributed by atoms with van der Waals surface area (Å²) in [4.78, 5) is 27.1. The standard InChI is InChI=1S/C17H19NO4/c1-21-11-5-6-13(22-2)12(8-11)18-16(19)14-9-3-4-10(7-9)15(14)17(18)20/h5-6,8-10,14-15H,3-4,7H2,1-2H3/t9-,10-,14+,15+/m0/s1. The predicted octanol–water partition coefficient (Wildman–Crippen LogP) is 2.24. The zero-order chi connectivity index (χ0) is 15.4. The highest BCUT2D eigenvalue weighted by Crippen LogP contribution is 2.57. The van der Waals surface area contributed by atoms with Crippen LogP contribution in [0.25, 0.3) is 0 Å². The summed E-state index contributed by atoms with van der Waals surface area (Å²) in [5, 5.41) is 0. The molecule has 2 amide bonds. The van der Waals surface area contributed by atoms with Gasteiger partial charge < -0.3 is 9.47 Å². The summed E-state index contributed by atoms with van der Waals surface area (Å²) in [6, 6.07) is 5.20. The van der Waals surface area contributed by atoms with Crippen molar-refractivity contribution in [2.75, 3.05) is 19.1 Å². The van der Waals surface area contributed by atoms with Gasteiger partial charge in [0.25, 0.3) is 0 Å². The van der Waals surface area contributed by atoms with E-state index in [9.17, 15) is 9.59 Å². The molecule has 0 radical (unpaired) electrons. The maximum Gasteiger partial charge on any atom is 0.238 e. The van der Waals surface area contributed by atoms with E-state index < -0.39 is 0 Å². The Morgan fingerprint density at radius 2 is 1.64 bits per heavy atom. The van der Waals surface area contributed by atoms with Gasteiger partial charge in [0.1, 0.15) is 11.5 Å². The summed E-state index contributed by atoms with van der Waals surface area (Å²) in [5.41, 5.74) is 0.505. The van der Waals surface area contributed by atoms with Gasteiger partial charge in [0.2, 0.25) is 11.8 Å². The first-order valence-corrected chi connectivity index (χ1v) is 7.75. The number of nitrogens with zero attached hydrogens (tertiary/aromatic N) is 1. The van der Waals surface area contributed by atoms with Gasteiger partial charge in [0.15, 0.2) is 0 Å². The molecular weight excluding hydrogens is 282 g/mol. The second-order valence-corrected chi connectivity index (χ2v) is 6.43. The highest BCUT2D eigenvalue weighted by atomic mass is 16.5. The number of benzene rings is 1. The molecule has 4 atom stereocenters. The zero-order valence-corrected chi connectivity index (χ0v) is 12.7. The molecule has 1 aromatic carbocycles. The number of imide groups is 1. The molecule has 116 valence electrons. The van der Waals surface area contributed by atoms with Crippen LogP contribution >= 0.6 is 0 Å². The van der Waals surface area contributed by atoms with Gasteiger partial charge in [-0.25, -0.2) is 4.90 Å². The lowest BCUT2D eigenvalue weighted by molar-refractivity contribution is -0.123. The third-order valence-corrected chi connectivity index (χ3v) is 5.55. The van der Waals surface area contributed by atoms with Gasteiger partial charge >= 0.3 is 0 Å². The number of hydrogen-bond donors (Lipinski definition) is 0. The lowest BCUT2D eigenvalue weighted by Gasteiger charge is -2.20. The molecule has 3 fully saturated rings. The maximum atomic E-state index is 12.9. The highest BCUT2D eigenvalue weighted by molar-refractivity contribution is 6.23. The number of rotatable bonds is 3. The van der Waals surface area contributed by atoms with Crippen LogP contribution in [0.5, 0.6) is 11.5 Å². The van der Waals surface area contributed by atoms with E-state index in [0.717, 1.165) is 19.3 Å². The largest absolute Gasteiger partial charge is 0.497 e. The molecule has 1 aliphatic heterocycles. The second-order valence-electron chi connectivity index (χ2n) is 6.43. The van der Waals surface area contributed by atoms with Gasteiger partial charge in [0, 0.05) is 6.07 Å². The fourth-order valence-electron chi connectivity index (χ4n) is 4.62. The Balaban J connectivity index is 1.77. The Morgan fingerprint density at radius 3 is 2.18 bits per heavy atom. The number of hydrogen-bond acceptors (Lipinski definition) is 4. The van der Waals surface area contributed by atoms with Crippen molar-refractivity contribution in [2.45, 2.75) is 19.3 Å². The Kier molecular flexibility index (Phi) is 2.93. The zero-order valence-electron chi connectivity index (χ0n) is 12.7. The molecule has 0 N–H and O–H groups in total. The first-order chi connectivity index (χ1) is 10.7. The van der Waals surface area contributed by atoms with Crippen molar-refractivity contribution in [1.82, 2.24) is 0 Å². The lowest BCUT2D eigenvalue weighted by atomic mass is 9.81. The van der Waals surface area contributed by atoms with Crippen LogP contribution in [-0.2, 0) is 9.59 Å². The van der Waals surface area contributed by atoms with Gasteiger partial charge in [-0.2, -0.15) is 0 Å². The van der Waals surface area contributed by atoms with Crippen molar-refractivity contribution >= 4 is 17.5 Å². The van der Waals surface area contributed by atoms with E-state index >= 15 is 0 Å². The minimum Gasteiger partial charge on any atom is -0.497 e. The molecule has 5 heteroatoms. The molecule has 4 rings (SSSR count). The van der Waals surface area contributed by atoms with Crippen LogP contribution in [0, 0.1) is 23.7 Å². The normalized spacial score (nSPS) is 32.5. The van der Waals surface area contributed by atoms with Crippen LogP contribution < -0.4 is 14.4 Å². The summed E-state index contributed by atoms with van der Waals surface area (Å²) in [6.45, 7) is 0. The first kappa shape index (κ1) is 13.6. The quantitative estimate of drug-likeness (QED) is 0.803.